The summed E-state index contributed by atoms with van der Waals surface area (Å²) in [5, 5.41) is 0. The summed E-state index contributed by atoms with van der Waals surface area (Å²) in [6, 6.07) is 3.95. The number of benzene rings is 1. The van der Waals surface area contributed by atoms with Crippen LogP contribution in [0.4, 0.5) is 11.4 Å². The topological polar surface area (TPSA) is 46.3 Å². The smallest absolute Gasteiger partial charge is 0.229 e. The summed E-state index contributed by atoms with van der Waals surface area (Å²) in [6.07, 6.45) is 2.04. The molecular weight excluding hydrogens is 212 g/mol. The molecule has 1 heterocycles. The second kappa shape index (κ2) is 4.40. The first-order valence-electron chi connectivity index (χ1n) is 6.21. The number of hydrogen-bond donors (Lipinski definition) is 1. The highest BCUT2D eigenvalue weighted by Gasteiger charge is 2.25. The van der Waals surface area contributed by atoms with Gasteiger partial charge in [-0.2, -0.15) is 0 Å². The Balaban J connectivity index is 2.47. The molecule has 3 nitrogen and oxygen atoms in total. The average Bonchev–Trinajstić information content (AvgIpc) is 2.26. The van der Waals surface area contributed by atoms with Crippen LogP contribution < -0.4 is 10.6 Å². The molecule has 0 aromatic heterocycles. The Morgan fingerprint density at radius 2 is 2.12 bits per heavy atom. The maximum absolute atomic E-state index is 12.2. The van der Waals surface area contributed by atoms with E-state index in [1.165, 1.54) is 5.56 Å². The van der Waals surface area contributed by atoms with E-state index in [2.05, 4.69) is 0 Å². The Morgan fingerprint density at radius 3 is 2.76 bits per heavy atom. The zero-order valence-electron chi connectivity index (χ0n) is 10.8. The number of hydrogen-bond acceptors (Lipinski definition) is 2. The molecular formula is C14H20N2O. The third kappa shape index (κ3) is 2.14. The fourth-order valence-corrected chi connectivity index (χ4v) is 2.53. The van der Waals surface area contributed by atoms with Crippen LogP contribution in [0.2, 0.25) is 0 Å². The number of carbonyl (C=O) groups excluding carboxylic acids is 1. The molecule has 1 aromatic rings. The van der Waals surface area contributed by atoms with Gasteiger partial charge in [-0.05, 0) is 43.0 Å². The number of nitrogens with two attached hydrogens (primary N) is 1. The van der Waals surface area contributed by atoms with Crippen LogP contribution in [-0.2, 0) is 11.2 Å². The Hall–Kier alpha value is -1.51. The van der Waals surface area contributed by atoms with Gasteiger partial charge in [-0.1, -0.05) is 13.8 Å². The summed E-state index contributed by atoms with van der Waals surface area (Å²) < 4.78 is 0. The molecule has 0 atom stereocenters. The molecule has 17 heavy (non-hydrogen) atoms. The van der Waals surface area contributed by atoms with Gasteiger partial charge in [0.05, 0.1) is 0 Å². The fraction of sp³-hybridized carbons (Fsp3) is 0.500. The second-order valence-corrected chi connectivity index (χ2v) is 5.09. The first-order valence-corrected chi connectivity index (χ1v) is 6.21. The lowest BCUT2D eigenvalue weighted by Crippen LogP contribution is -2.38. The summed E-state index contributed by atoms with van der Waals surface area (Å²) in [4.78, 5) is 14.1. The fourth-order valence-electron chi connectivity index (χ4n) is 2.53. The van der Waals surface area contributed by atoms with Crippen molar-refractivity contribution in [3.63, 3.8) is 0 Å². The molecule has 1 aliphatic rings. The third-order valence-electron chi connectivity index (χ3n) is 3.26. The minimum atomic E-state index is 0.0397. The highest BCUT2D eigenvalue weighted by Crippen LogP contribution is 2.33. The van der Waals surface area contributed by atoms with Crippen molar-refractivity contribution in [2.75, 3.05) is 17.2 Å². The summed E-state index contributed by atoms with van der Waals surface area (Å²) in [6.45, 7) is 6.75. The summed E-state index contributed by atoms with van der Waals surface area (Å²) in [5.41, 5.74) is 10.1. The molecule has 0 spiro atoms. The largest absolute Gasteiger partial charge is 0.399 e. The zero-order chi connectivity index (χ0) is 12.6. The van der Waals surface area contributed by atoms with Crippen LogP contribution in [0.1, 0.15) is 31.4 Å². The van der Waals surface area contributed by atoms with Crippen LogP contribution in [-0.4, -0.2) is 12.5 Å². The Labute approximate surface area is 103 Å². The summed E-state index contributed by atoms with van der Waals surface area (Å²) in [7, 11) is 0. The highest BCUT2D eigenvalue weighted by atomic mass is 16.2. The Bertz CT molecular complexity index is 452. The number of fused-ring (bicyclic) bond motifs is 1. The number of aryl methyl sites for hydroxylation is 2. The van der Waals surface area contributed by atoms with Gasteiger partial charge in [0.1, 0.15) is 0 Å². The van der Waals surface area contributed by atoms with Gasteiger partial charge in [-0.25, -0.2) is 0 Å². The maximum atomic E-state index is 12.2. The molecule has 0 radical (unpaired) electrons. The first kappa shape index (κ1) is 12.0. The number of rotatable bonds is 1. The number of carbonyl (C=O) groups is 1. The van der Waals surface area contributed by atoms with Gasteiger partial charge in [0.25, 0.3) is 0 Å². The molecule has 1 amide bonds. The van der Waals surface area contributed by atoms with Crippen LogP contribution in [0, 0.1) is 12.8 Å². The molecule has 3 heteroatoms. The Morgan fingerprint density at radius 1 is 1.41 bits per heavy atom. The van der Waals surface area contributed by atoms with E-state index in [9.17, 15) is 4.79 Å². The quantitative estimate of drug-likeness (QED) is 0.756. The molecule has 0 saturated carbocycles. The third-order valence-corrected chi connectivity index (χ3v) is 3.26. The van der Waals surface area contributed by atoms with Gasteiger partial charge >= 0.3 is 0 Å². The molecule has 1 aliphatic heterocycles. The van der Waals surface area contributed by atoms with Crippen molar-refractivity contribution in [3.05, 3.63) is 23.3 Å². The Kier molecular flexibility index (Phi) is 3.09. The predicted octanol–water partition coefficient (Wildman–Crippen LogP) is 2.51. The second-order valence-electron chi connectivity index (χ2n) is 5.09. The summed E-state index contributed by atoms with van der Waals surface area (Å²) >= 11 is 0. The molecule has 0 bridgehead atoms. The minimum Gasteiger partial charge on any atom is -0.399 e. The van der Waals surface area contributed by atoms with E-state index < -0.39 is 0 Å². The minimum absolute atomic E-state index is 0.0397. The van der Waals surface area contributed by atoms with E-state index in [0.717, 1.165) is 36.3 Å². The van der Waals surface area contributed by atoms with E-state index in [-0.39, 0.29) is 11.8 Å². The molecule has 0 unspecified atom stereocenters. The van der Waals surface area contributed by atoms with E-state index >= 15 is 0 Å². The molecule has 0 fully saturated rings. The van der Waals surface area contributed by atoms with Crippen molar-refractivity contribution < 1.29 is 4.79 Å². The van der Waals surface area contributed by atoms with Gasteiger partial charge in [0.15, 0.2) is 0 Å². The lowest BCUT2D eigenvalue weighted by atomic mass is 9.96. The molecule has 1 aromatic carbocycles. The van der Waals surface area contributed by atoms with Crippen LogP contribution in [0.25, 0.3) is 0 Å². The van der Waals surface area contributed by atoms with E-state index in [1.807, 2.05) is 37.8 Å². The van der Waals surface area contributed by atoms with Crippen molar-refractivity contribution in [2.24, 2.45) is 5.92 Å². The van der Waals surface area contributed by atoms with Crippen LogP contribution in [0.15, 0.2) is 12.1 Å². The van der Waals surface area contributed by atoms with Gasteiger partial charge in [-0.3, -0.25) is 4.79 Å². The molecule has 0 saturated heterocycles. The van der Waals surface area contributed by atoms with E-state index in [0.29, 0.717) is 0 Å². The normalized spacial score (nSPS) is 14.9. The monoisotopic (exact) mass is 232 g/mol. The van der Waals surface area contributed by atoms with Gasteiger partial charge in [-0.15, -0.1) is 0 Å². The van der Waals surface area contributed by atoms with Gasteiger partial charge in [0.2, 0.25) is 5.91 Å². The lowest BCUT2D eigenvalue weighted by molar-refractivity contribution is -0.121. The van der Waals surface area contributed by atoms with Crippen LogP contribution in [0.3, 0.4) is 0 Å². The lowest BCUT2D eigenvalue weighted by Gasteiger charge is -2.32. The van der Waals surface area contributed by atoms with Gasteiger partial charge in [0, 0.05) is 23.8 Å². The molecule has 2 rings (SSSR count). The standard InChI is InChI=1S/C14H20N2O/c1-9(2)14(17)16-6-4-5-11-8-12(15)7-10(3)13(11)16/h7-9H,4-6,15H2,1-3H3. The van der Waals surface area contributed by atoms with Crippen molar-refractivity contribution in [1.29, 1.82) is 0 Å². The predicted molar refractivity (Wildman–Crippen MR) is 71.1 cm³/mol. The van der Waals surface area contributed by atoms with Crippen molar-refractivity contribution in [1.82, 2.24) is 0 Å². The number of amides is 1. The van der Waals surface area contributed by atoms with Crippen molar-refractivity contribution in [3.8, 4) is 0 Å². The van der Waals surface area contributed by atoms with E-state index in [1.54, 1.807) is 0 Å². The van der Waals surface area contributed by atoms with E-state index in [4.69, 9.17) is 5.73 Å². The highest BCUT2D eigenvalue weighted by molar-refractivity contribution is 5.96. The zero-order valence-corrected chi connectivity index (χ0v) is 10.8. The SMILES string of the molecule is Cc1cc(N)cc2c1N(C(=O)C(C)C)CCC2. The average molecular weight is 232 g/mol. The van der Waals surface area contributed by atoms with Crippen LogP contribution >= 0.6 is 0 Å². The van der Waals surface area contributed by atoms with Crippen LogP contribution in [0.5, 0.6) is 0 Å². The van der Waals surface area contributed by atoms with Crippen molar-refractivity contribution >= 4 is 17.3 Å². The summed E-state index contributed by atoms with van der Waals surface area (Å²) in [5.74, 6) is 0.247. The van der Waals surface area contributed by atoms with Crippen molar-refractivity contribution in [2.45, 2.75) is 33.6 Å². The number of anilines is 2. The molecule has 2 N–H and O–H groups in total. The molecule has 92 valence electrons. The first-order chi connectivity index (χ1) is 8.00. The van der Waals surface area contributed by atoms with Gasteiger partial charge < -0.3 is 10.6 Å². The number of nitrogens with zero attached hydrogens (tertiary/aromatic N) is 1. The number of nitrogen functional groups attached to an aromatic ring is 1. The maximum Gasteiger partial charge on any atom is 0.229 e. The molecule has 0 aliphatic carbocycles.